The Bertz CT molecular complexity index is 1390. The molecule has 0 fully saturated rings. The fourth-order valence-electron chi connectivity index (χ4n) is 4.37. The first-order chi connectivity index (χ1) is 16.1. The van der Waals surface area contributed by atoms with Crippen molar-refractivity contribution in [3.63, 3.8) is 0 Å². The first-order valence-corrected chi connectivity index (χ1v) is 11.8. The highest BCUT2D eigenvalue weighted by molar-refractivity contribution is 7.10. The first kappa shape index (κ1) is 21.1. The number of nitrogens with one attached hydrogen (secondary N) is 1. The Labute approximate surface area is 196 Å². The fraction of sp³-hybridized carbons (Fsp3) is 0.148. The van der Waals surface area contributed by atoms with Crippen molar-refractivity contribution in [1.82, 2.24) is 10.3 Å². The molecule has 1 aliphatic rings. The van der Waals surface area contributed by atoms with Crippen LogP contribution in [-0.2, 0) is 12.8 Å². The summed E-state index contributed by atoms with van der Waals surface area (Å²) in [6.45, 7) is 0.463. The molecule has 4 aromatic rings. The molecule has 0 aliphatic heterocycles. The van der Waals surface area contributed by atoms with Crippen LogP contribution in [0.5, 0.6) is 0 Å². The predicted octanol–water partition coefficient (Wildman–Crippen LogP) is 4.85. The molecule has 2 aromatic carbocycles. The lowest BCUT2D eigenvalue weighted by molar-refractivity contribution is 0.0953. The molecule has 3 N–H and O–H groups in total. The Balaban J connectivity index is 1.43. The molecule has 0 atom stereocenters. The van der Waals surface area contributed by atoms with Gasteiger partial charge in [-0.05, 0) is 71.7 Å². The molecule has 0 unspecified atom stereocenters. The molecular weight excluding hydrogens is 430 g/mol. The molecule has 164 valence electrons. The zero-order chi connectivity index (χ0) is 22.8. The van der Waals surface area contributed by atoms with E-state index < -0.39 is 5.91 Å². The third-order valence-corrected chi connectivity index (χ3v) is 6.76. The summed E-state index contributed by atoms with van der Waals surface area (Å²) in [5.74, 6) is -0.542. The van der Waals surface area contributed by atoms with Crippen molar-refractivity contribution in [3.8, 4) is 0 Å². The monoisotopic (exact) mass is 453 g/mol. The standard InChI is InChI=1S/C27H23N3O2S/c28-26(31)19-6-3-5-17(15-19)12-13-29-27(32)24-21-8-1-2-9-23(21)30-25-18(10-11-22(24)25)16-20-7-4-14-33-20/h1-9,14-16H,10-13H2,(H2,28,31)(H,29,32)/b18-16-. The number of amides is 2. The van der Waals surface area contributed by atoms with Gasteiger partial charge in [0, 0.05) is 22.4 Å². The molecule has 1 aliphatic carbocycles. The summed E-state index contributed by atoms with van der Waals surface area (Å²) in [5, 5.41) is 6.02. The molecule has 2 heterocycles. The number of carbonyl (C=O) groups excluding carboxylic acids is 2. The molecule has 5 nitrogen and oxygen atoms in total. The van der Waals surface area contributed by atoms with Crippen molar-refractivity contribution >= 4 is 45.7 Å². The van der Waals surface area contributed by atoms with E-state index in [0.29, 0.717) is 18.5 Å². The van der Waals surface area contributed by atoms with E-state index >= 15 is 0 Å². The van der Waals surface area contributed by atoms with Crippen molar-refractivity contribution in [2.45, 2.75) is 19.3 Å². The molecule has 6 heteroatoms. The molecule has 0 bridgehead atoms. The van der Waals surface area contributed by atoms with Crippen molar-refractivity contribution in [2.75, 3.05) is 6.54 Å². The van der Waals surface area contributed by atoms with E-state index in [-0.39, 0.29) is 5.91 Å². The average molecular weight is 454 g/mol. The normalized spacial score (nSPS) is 13.9. The summed E-state index contributed by atoms with van der Waals surface area (Å²) in [6, 6.07) is 19.2. The van der Waals surface area contributed by atoms with Gasteiger partial charge in [0.15, 0.2) is 0 Å². The second kappa shape index (κ2) is 9.00. The summed E-state index contributed by atoms with van der Waals surface area (Å²) in [4.78, 5) is 30.9. The molecule has 0 saturated carbocycles. The van der Waals surface area contributed by atoms with Crippen LogP contribution in [0.4, 0.5) is 0 Å². The maximum atomic E-state index is 13.4. The van der Waals surface area contributed by atoms with Gasteiger partial charge in [-0.3, -0.25) is 9.59 Å². The van der Waals surface area contributed by atoms with Gasteiger partial charge in [-0.2, -0.15) is 0 Å². The van der Waals surface area contributed by atoms with Crippen molar-refractivity contribution in [3.05, 3.63) is 98.9 Å². The van der Waals surface area contributed by atoms with Crippen molar-refractivity contribution in [1.29, 1.82) is 0 Å². The second-order valence-electron chi connectivity index (χ2n) is 8.09. The highest BCUT2D eigenvalue weighted by atomic mass is 32.1. The van der Waals surface area contributed by atoms with Gasteiger partial charge in [-0.25, -0.2) is 4.98 Å². The van der Waals surface area contributed by atoms with Gasteiger partial charge in [0.2, 0.25) is 5.91 Å². The van der Waals surface area contributed by atoms with Crippen LogP contribution < -0.4 is 11.1 Å². The highest BCUT2D eigenvalue weighted by Gasteiger charge is 2.26. The first-order valence-electron chi connectivity index (χ1n) is 10.9. The topological polar surface area (TPSA) is 85.1 Å². The number of carbonyl (C=O) groups is 2. The molecule has 0 spiro atoms. The van der Waals surface area contributed by atoms with E-state index in [2.05, 4.69) is 22.8 Å². The SMILES string of the molecule is NC(=O)c1cccc(CCNC(=O)c2c3c(nc4ccccc24)/C(=C\c2cccs2)CC3)c1. The number of primary amides is 1. The minimum absolute atomic E-state index is 0.0896. The van der Waals surface area contributed by atoms with Gasteiger partial charge >= 0.3 is 0 Å². The maximum absolute atomic E-state index is 13.4. The number of benzene rings is 2. The van der Waals surface area contributed by atoms with E-state index in [1.807, 2.05) is 42.5 Å². The molecule has 0 saturated heterocycles. The van der Waals surface area contributed by atoms with Crippen LogP contribution in [0.25, 0.3) is 22.6 Å². The van der Waals surface area contributed by atoms with E-state index in [0.717, 1.165) is 46.1 Å². The molecule has 5 rings (SSSR count). The predicted molar refractivity (Wildman–Crippen MR) is 133 cm³/mol. The number of allylic oxidation sites excluding steroid dienone is 1. The third kappa shape index (κ3) is 4.30. The molecule has 0 radical (unpaired) electrons. The Morgan fingerprint density at radius 2 is 1.94 bits per heavy atom. The largest absolute Gasteiger partial charge is 0.366 e. The van der Waals surface area contributed by atoms with Crippen molar-refractivity contribution < 1.29 is 9.59 Å². The summed E-state index contributed by atoms with van der Waals surface area (Å²) in [5.41, 5.74) is 11.5. The van der Waals surface area contributed by atoms with Crippen LogP contribution in [0.15, 0.2) is 66.0 Å². The summed E-state index contributed by atoms with van der Waals surface area (Å²) in [7, 11) is 0. The number of aromatic nitrogens is 1. The number of thiophene rings is 1. The molecule has 2 amide bonds. The van der Waals surface area contributed by atoms with Gasteiger partial charge < -0.3 is 11.1 Å². The average Bonchev–Trinajstić information content (AvgIpc) is 3.48. The summed E-state index contributed by atoms with van der Waals surface area (Å²) in [6.07, 6.45) is 4.47. The van der Waals surface area contributed by atoms with Gasteiger partial charge in [0.05, 0.1) is 16.8 Å². The second-order valence-corrected chi connectivity index (χ2v) is 9.07. The number of para-hydroxylation sites is 1. The Hall–Kier alpha value is -3.77. The maximum Gasteiger partial charge on any atom is 0.252 e. The quantitative estimate of drug-likeness (QED) is 0.437. The number of fused-ring (bicyclic) bond motifs is 2. The van der Waals surface area contributed by atoms with Gasteiger partial charge in [-0.1, -0.05) is 36.4 Å². The smallest absolute Gasteiger partial charge is 0.252 e. The number of hydrogen-bond acceptors (Lipinski definition) is 4. The number of nitrogens with zero attached hydrogens (tertiary/aromatic N) is 1. The Morgan fingerprint density at radius 1 is 1.06 bits per heavy atom. The van der Waals surface area contributed by atoms with Crippen molar-refractivity contribution in [2.24, 2.45) is 5.73 Å². The van der Waals surface area contributed by atoms with E-state index in [1.54, 1.807) is 23.5 Å². The molecular formula is C27H23N3O2S. The lowest BCUT2D eigenvalue weighted by Crippen LogP contribution is -2.27. The van der Waals surface area contributed by atoms with E-state index in [9.17, 15) is 9.59 Å². The van der Waals surface area contributed by atoms with Crippen LogP contribution >= 0.6 is 11.3 Å². The van der Waals surface area contributed by atoms with Gasteiger partial charge in [-0.15, -0.1) is 11.3 Å². The third-order valence-electron chi connectivity index (χ3n) is 5.94. The van der Waals surface area contributed by atoms with Crippen LogP contribution in [0.3, 0.4) is 0 Å². The highest BCUT2D eigenvalue weighted by Crippen LogP contribution is 2.37. The van der Waals surface area contributed by atoms with E-state index in [4.69, 9.17) is 10.7 Å². The number of nitrogens with two attached hydrogens (primary N) is 1. The summed E-state index contributed by atoms with van der Waals surface area (Å²) < 4.78 is 0. The Morgan fingerprint density at radius 3 is 2.76 bits per heavy atom. The summed E-state index contributed by atoms with van der Waals surface area (Å²) >= 11 is 1.70. The van der Waals surface area contributed by atoms with Crippen LogP contribution in [0.2, 0.25) is 0 Å². The zero-order valence-electron chi connectivity index (χ0n) is 18.0. The van der Waals surface area contributed by atoms with Crippen LogP contribution in [0, 0.1) is 0 Å². The minimum Gasteiger partial charge on any atom is -0.366 e. The van der Waals surface area contributed by atoms with E-state index in [1.165, 1.54) is 10.5 Å². The fourth-order valence-corrected chi connectivity index (χ4v) is 5.05. The lowest BCUT2D eigenvalue weighted by Gasteiger charge is -2.13. The minimum atomic E-state index is -0.453. The molecule has 2 aromatic heterocycles. The number of hydrogen-bond donors (Lipinski definition) is 2. The zero-order valence-corrected chi connectivity index (χ0v) is 18.8. The number of rotatable bonds is 6. The van der Waals surface area contributed by atoms with Gasteiger partial charge in [0.25, 0.3) is 5.91 Å². The Kier molecular flexibility index (Phi) is 5.75. The number of pyridine rings is 1. The molecule has 33 heavy (non-hydrogen) atoms. The van der Waals surface area contributed by atoms with Crippen LogP contribution in [-0.4, -0.2) is 23.3 Å². The van der Waals surface area contributed by atoms with Gasteiger partial charge in [0.1, 0.15) is 0 Å². The van der Waals surface area contributed by atoms with Crippen LogP contribution in [0.1, 0.15) is 48.8 Å². The lowest BCUT2D eigenvalue weighted by atomic mass is 10.00.